The Labute approximate surface area is 117 Å². The number of amides is 1. The number of sulfone groups is 1. The SMILES string of the molecule is Cc1c(C(=O)Nc2ccc(S(C)(=O)=O)nc2)ccn1C. The molecule has 0 aromatic carbocycles. The molecule has 0 saturated heterocycles. The first-order valence-corrected chi connectivity index (χ1v) is 7.77. The molecule has 2 heterocycles. The minimum Gasteiger partial charge on any atom is -0.354 e. The van der Waals surface area contributed by atoms with Gasteiger partial charge in [-0.25, -0.2) is 13.4 Å². The molecule has 106 valence electrons. The number of carbonyl (C=O) groups is 1. The quantitative estimate of drug-likeness (QED) is 0.927. The Hall–Kier alpha value is -2.15. The second kappa shape index (κ2) is 5.09. The van der Waals surface area contributed by atoms with Gasteiger partial charge in [0, 0.05) is 25.2 Å². The third kappa shape index (κ3) is 2.88. The first-order chi connectivity index (χ1) is 9.29. The Kier molecular flexibility index (Phi) is 3.63. The van der Waals surface area contributed by atoms with Crippen LogP contribution in [0.1, 0.15) is 16.1 Å². The summed E-state index contributed by atoms with van der Waals surface area (Å²) in [4.78, 5) is 15.9. The number of carbonyl (C=O) groups excluding carboxylic acids is 1. The third-order valence-corrected chi connectivity index (χ3v) is 4.00. The predicted octanol–water partition coefficient (Wildman–Crippen LogP) is 1.38. The van der Waals surface area contributed by atoms with Gasteiger partial charge in [0.25, 0.3) is 5.91 Å². The summed E-state index contributed by atoms with van der Waals surface area (Å²) in [5.41, 5.74) is 1.87. The van der Waals surface area contributed by atoms with Crippen molar-refractivity contribution in [2.45, 2.75) is 11.9 Å². The summed E-state index contributed by atoms with van der Waals surface area (Å²) in [6.45, 7) is 1.85. The van der Waals surface area contributed by atoms with Gasteiger partial charge < -0.3 is 9.88 Å². The van der Waals surface area contributed by atoms with Crippen molar-refractivity contribution in [2.75, 3.05) is 11.6 Å². The van der Waals surface area contributed by atoms with Crippen molar-refractivity contribution in [1.82, 2.24) is 9.55 Å². The Morgan fingerprint density at radius 1 is 1.30 bits per heavy atom. The van der Waals surface area contributed by atoms with Crippen LogP contribution in [-0.4, -0.2) is 30.1 Å². The highest BCUT2D eigenvalue weighted by atomic mass is 32.2. The van der Waals surface area contributed by atoms with Crippen LogP contribution < -0.4 is 5.32 Å². The molecule has 2 aromatic heterocycles. The summed E-state index contributed by atoms with van der Waals surface area (Å²) in [6.07, 6.45) is 4.21. The smallest absolute Gasteiger partial charge is 0.257 e. The molecule has 0 spiro atoms. The minimum atomic E-state index is -3.33. The molecular weight excluding hydrogens is 278 g/mol. The number of anilines is 1. The largest absolute Gasteiger partial charge is 0.354 e. The van der Waals surface area contributed by atoms with E-state index >= 15 is 0 Å². The Balaban J connectivity index is 2.19. The van der Waals surface area contributed by atoms with Gasteiger partial charge in [-0.1, -0.05) is 0 Å². The average molecular weight is 293 g/mol. The summed E-state index contributed by atoms with van der Waals surface area (Å²) >= 11 is 0. The summed E-state index contributed by atoms with van der Waals surface area (Å²) in [5.74, 6) is -0.253. The van der Waals surface area contributed by atoms with Crippen LogP contribution in [0.2, 0.25) is 0 Å². The number of rotatable bonds is 3. The number of nitrogens with one attached hydrogen (secondary N) is 1. The summed E-state index contributed by atoms with van der Waals surface area (Å²) in [7, 11) is -1.48. The Morgan fingerprint density at radius 3 is 2.45 bits per heavy atom. The standard InChI is InChI=1S/C13H15N3O3S/c1-9-11(6-7-16(9)2)13(17)15-10-4-5-12(14-8-10)20(3,18)19/h4-8H,1-3H3,(H,15,17). The zero-order valence-electron chi connectivity index (χ0n) is 11.4. The molecule has 0 unspecified atom stereocenters. The lowest BCUT2D eigenvalue weighted by atomic mass is 10.2. The first kappa shape index (κ1) is 14.3. The lowest BCUT2D eigenvalue weighted by molar-refractivity contribution is 0.102. The third-order valence-electron chi connectivity index (χ3n) is 3.00. The molecule has 0 fully saturated rings. The maximum Gasteiger partial charge on any atom is 0.257 e. The molecular formula is C13H15N3O3S. The average Bonchev–Trinajstić information content (AvgIpc) is 2.69. The van der Waals surface area contributed by atoms with Crippen molar-refractivity contribution in [3.8, 4) is 0 Å². The molecule has 0 aliphatic carbocycles. The van der Waals surface area contributed by atoms with Gasteiger partial charge in [-0.3, -0.25) is 4.79 Å². The molecule has 1 amide bonds. The van der Waals surface area contributed by atoms with Crippen LogP contribution in [0.4, 0.5) is 5.69 Å². The number of hydrogen-bond donors (Lipinski definition) is 1. The van der Waals surface area contributed by atoms with Crippen molar-refractivity contribution >= 4 is 21.4 Å². The zero-order chi connectivity index (χ0) is 14.9. The monoisotopic (exact) mass is 293 g/mol. The van der Waals surface area contributed by atoms with Gasteiger partial charge in [0.2, 0.25) is 0 Å². The molecule has 6 nitrogen and oxygen atoms in total. The van der Waals surface area contributed by atoms with Gasteiger partial charge in [0.1, 0.15) is 0 Å². The summed E-state index contributed by atoms with van der Waals surface area (Å²) < 4.78 is 24.4. The van der Waals surface area contributed by atoms with Crippen LogP contribution in [0.5, 0.6) is 0 Å². The van der Waals surface area contributed by atoms with Crippen molar-refractivity contribution in [1.29, 1.82) is 0 Å². The fourth-order valence-corrected chi connectivity index (χ4v) is 2.28. The van der Waals surface area contributed by atoms with E-state index in [4.69, 9.17) is 0 Å². The molecule has 2 aromatic rings. The van der Waals surface area contributed by atoms with Gasteiger partial charge in [-0.2, -0.15) is 0 Å². The number of aryl methyl sites for hydroxylation is 1. The van der Waals surface area contributed by atoms with Crippen molar-refractivity contribution < 1.29 is 13.2 Å². The summed E-state index contributed by atoms with van der Waals surface area (Å²) in [5, 5.41) is 2.66. The van der Waals surface area contributed by atoms with Gasteiger partial charge in [-0.15, -0.1) is 0 Å². The molecule has 0 aliphatic heterocycles. The minimum absolute atomic E-state index is 0.0219. The van der Waals surface area contributed by atoms with E-state index in [1.807, 2.05) is 18.5 Å². The highest BCUT2D eigenvalue weighted by Crippen LogP contribution is 2.14. The van der Waals surface area contributed by atoms with Crippen LogP contribution in [-0.2, 0) is 16.9 Å². The number of nitrogens with zero attached hydrogens (tertiary/aromatic N) is 2. The van der Waals surface area contributed by atoms with E-state index in [1.165, 1.54) is 18.3 Å². The topological polar surface area (TPSA) is 81.1 Å². The maximum atomic E-state index is 12.1. The van der Waals surface area contributed by atoms with Crippen LogP contribution in [0.15, 0.2) is 35.6 Å². The van der Waals surface area contributed by atoms with Crippen LogP contribution in [0.25, 0.3) is 0 Å². The van der Waals surface area contributed by atoms with Crippen molar-refractivity contribution in [3.63, 3.8) is 0 Å². The molecule has 0 aliphatic rings. The maximum absolute atomic E-state index is 12.1. The van der Waals surface area contributed by atoms with E-state index in [2.05, 4.69) is 10.3 Å². The van der Waals surface area contributed by atoms with Crippen LogP contribution in [0.3, 0.4) is 0 Å². The van der Waals surface area contributed by atoms with Crippen molar-refractivity contribution in [3.05, 3.63) is 41.9 Å². The highest BCUT2D eigenvalue weighted by Gasteiger charge is 2.13. The predicted molar refractivity (Wildman–Crippen MR) is 75.5 cm³/mol. The number of aromatic nitrogens is 2. The normalized spacial score (nSPS) is 11.3. The zero-order valence-corrected chi connectivity index (χ0v) is 12.2. The van der Waals surface area contributed by atoms with Crippen molar-refractivity contribution in [2.24, 2.45) is 7.05 Å². The molecule has 7 heteroatoms. The summed E-state index contributed by atoms with van der Waals surface area (Å²) in [6, 6.07) is 4.60. The molecule has 1 N–H and O–H groups in total. The van der Waals surface area contributed by atoms with Gasteiger partial charge in [0.15, 0.2) is 14.9 Å². The molecule has 0 radical (unpaired) electrons. The molecule has 2 rings (SSSR count). The van der Waals surface area contributed by atoms with E-state index in [-0.39, 0.29) is 10.9 Å². The van der Waals surface area contributed by atoms with E-state index in [0.717, 1.165) is 11.9 Å². The lowest BCUT2D eigenvalue weighted by Gasteiger charge is -2.06. The Morgan fingerprint density at radius 2 is 2.00 bits per heavy atom. The molecule has 0 saturated carbocycles. The second-order valence-electron chi connectivity index (χ2n) is 4.54. The van der Waals surface area contributed by atoms with Crippen LogP contribution in [0, 0.1) is 6.92 Å². The first-order valence-electron chi connectivity index (χ1n) is 5.88. The van der Waals surface area contributed by atoms with E-state index < -0.39 is 9.84 Å². The lowest BCUT2D eigenvalue weighted by Crippen LogP contribution is -2.13. The fraction of sp³-hybridized carbons (Fsp3) is 0.231. The highest BCUT2D eigenvalue weighted by molar-refractivity contribution is 7.90. The van der Waals surface area contributed by atoms with E-state index in [0.29, 0.717) is 11.3 Å². The van der Waals surface area contributed by atoms with E-state index in [1.54, 1.807) is 12.3 Å². The van der Waals surface area contributed by atoms with Gasteiger partial charge in [0.05, 0.1) is 17.4 Å². The number of pyridine rings is 1. The second-order valence-corrected chi connectivity index (χ2v) is 6.50. The van der Waals surface area contributed by atoms with E-state index in [9.17, 15) is 13.2 Å². The molecule has 0 bridgehead atoms. The molecule has 0 atom stereocenters. The van der Waals surface area contributed by atoms with Gasteiger partial charge >= 0.3 is 0 Å². The molecule has 20 heavy (non-hydrogen) atoms. The fourth-order valence-electron chi connectivity index (χ4n) is 1.72. The van der Waals surface area contributed by atoms with Crippen LogP contribution >= 0.6 is 0 Å². The number of hydrogen-bond acceptors (Lipinski definition) is 4. The Bertz CT molecular complexity index is 746. The van der Waals surface area contributed by atoms with Gasteiger partial charge in [-0.05, 0) is 25.1 Å².